The quantitative estimate of drug-likeness (QED) is 0.828. The smallest absolute Gasteiger partial charge is 0.312 e. The Balaban J connectivity index is 1.59. The minimum absolute atomic E-state index is 0.0910. The van der Waals surface area contributed by atoms with Crippen LogP contribution in [0, 0.1) is 11.3 Å². The highest BCUT2D eigenvalue weighted by Crippen LogP contribution is 2.46. The van der Waals surface area contributed by atoms with E-state index in [9.17, 15) is 4.79 Å². The average Bonchev–Trinajstić information content (AvgIpc) is 3.27. The Labute approximate surface area is 154 Å². The molecule has 1 saturated heterocycles. The van der Waals surface area contributed by atoms with Crippen LogP contribution < -0.4 is 10.6 Å². The molecule has 0 spiro atoms. The molecule has 1 fully saturated rings. The van der Waals surface area contributed by atoms with Crippen LogP contribution in [0.15, 0.2) is 36.7 Å². The summed E-state index contributed by atoms with van der Waals surface area (Å²) in [6, 6.07) is 8.87. The second-order valence-corrected chi connectivity index (χ2v) is 8.16. The van der Waals surface area contributed by atoms with Crippen molar-refractivity contribution < 1.29 is 9.53 Å². The number of hydrogen-bond donors (Lipinski definition) is 2. The Morgan fingerprint density at radius 1 is 1.31 bits per heavy atom. The lowest BCUT2D eigenvalue weighted by Gasteiger charge is -2.36. The van der Waals surface area contributed by atoms with Crippen LogP contribution in [0.1, 0.15) is 50.7 Å². The predicted octanol–water partition coefficient (Wildman–Crippen LogP) is 3.25. The van der Waals surface area contributed by atoms with Gasteiger partial charge >= 0.3 is 5.97 Å². The number of aromatic nitrogens is 2. The van der Waals surface area contributed by atoms with E-state index in [0.29, 0.717) is 12.0 Å². The van der Waals surface area contributed by atoms with E-state index in [1.165, 1.54) is 5.56 Å². The first-order chi connectivity index (χ1) is 12.4. The van der Waals surface area contributed by atoms with Gasteiger partial charge in [-0.1, -0.05) is 18.2 Å². The molecule has 1 unspecified atom stereocenters. The third kappa shape index (κ3) is 2.98. The Morgan fingerprint density at radius 2 is 2.12 bits per heavy atom. The van der Waals surface area contributed by atoms with E-state index >= 15 is 0 Å². The van der Waals surface area contributed by atoms with Crippen LogP contribution in [0.2, 0.25) is 0 Å². The monoisotopic (exact) mass is 354 g/mol. The van der Waals surface area contributed by atoms with Crippen LogP contribution in [0.3, 0.4) is 0 Å². The standard InChI is InChI=1S/C20H26N4O2/c1-20(2,3)19(25)26-12-24-11-10-22-18(24)17-14-8-9-21-16(14)13-6-4-5-7-15(13)23-17/h4-7,10-11,14,16-17,21,23H,8-9,12H2,1-3H3/t14-,16-,17?/m0/s1. The fraction of sp³-hybridized carbons (Fsp3) is 0.500. The molecule has 0 amide bonds. The molecule has 2 N–H and O–H groups in total. The van der Waals surface area contributed by atoms with Crippen LogP contribution in [-0.4, -0.2) is 22.1 Å². The van der Waals surface area contributed by atoms with Crippen molar-refractivity contribution >= 4 is 11.7 Å². The van der Waals surface area contributed by atoms with Gasteiger partial charge in [-0.2, -0.15) is 0 Å². The van der Waals surface area contributed by atoms with Crippen molar-refractivity contribution in [2.45, 2.75) is 46.0 Å². The summed E-state index contributed by atoms with van der Waals surface area (Å²) in [5.41, 5.74) is 1.96. The van der Waals surface area contributed by atoms with Crippen molar-refractivity contribution in [2.75, 3.05) is 11.9 Å². The Bertz CT molecular complexity index is 808. The number of benzene rings is 1. The van der Waals surface area contributed by atoms with E-state index in [0.717, 1.165) is 24.5 Å². The zero-order valence-electron chi connectivity index (χ0n) is 15.5. The molecule has 2 aliphatic heterocycles. The first-order valence-corrected chi connectivity index (χ1v) is 9.22. The zero-order chi connectivity index (χ0) is 18.3. The van der Waals surface area contributed by atoms with Crippen molar-refractivity contribution in [3.8, 4) is 0 Å². The average molecular weight is 354 g/mol. The Morgan fingerprint density at radius 3 is 2.92 bits per heavy atom. The van der Waals surface area contributed by atoms with Crippen molar-refractivity contribution in [1.82, 2.24) is 14.9 Å². The number of ether oxygens (including phenoxy) is 1. The molecule has 138 valence electrons. The lowest BCUT2D eigenvalue weighted by molar-refractivity contribution is -0.157. The van der Waals surface area contributed by atoms with Gasteiger partial charge in [0.1, 0.15) is 5.82 Å². The van der Waals surface area contributed by atoms with E-state index in [-0.39, 0.29) is 18.7 Å². The van der Waals surface area contributed by atoms with Crippen molar-refractivity contribution in [3.05, 3.63) is 48.0 Å². The second kappa shape index (κ2) is 6.43. The molecule has 2 aromatic rings. The summed E-state index contributed by atoms with van der Waals surface area (Å²) in [6.07, 6.45) is 4.75. The molecule has 2 aliphatic rings. The van der Waals surface area contributed by atoms with Crippen LogP contribution in [0.4, 0.5) is 5.69 Å². The molecule has 1 aromatic carbocycles. The molecule has 26 heavy (non-hydrogen) atoms. The summed E-state index contributed by atoms with van der Waals surface area (Å²) in [5.74, 6) is 1.13. The number of imidazole rings is 1. The van der Waals surface area contributed by atoms with Crippen LogP contribution in [0.5, 0.6) is 0 Å². The number of rotatable bonds is 3. The molecule has 0 aliphatic carbocycles. The largest absolute Gasteiger partial charge is 0.443 e. The maximum Gasteiger partial charge on any atom is 0.312 e. The van der Waals surface area contributed by atoms with Gasteiger partial charge in [0.2, 0.25) is 0 Å². The summed E-state index contributed by atoms with van der Waals surface area (Å²) in [6.45, 7) is 6.77. The number of nitrogens with one attached hydrogen (secondary N) is 2. The third-order valence-electron chi connectivity index (χ3n) is 5.28. The van der Waals surface area contributed by atoms with E-state index in [2.05, 4.69) is 39.9 Å². The summed E-state index contributed by atoms with van der Waals surface area (Å²) >= 11 is 0. The van der Waals surface area contributed by atoms with E-state index in [1.54, 1.807) is 6.20 Å². The fourth-order valence-corrected chi connectivity index (χ4v) is 3.91. The molecule has 0 bridgehead atoms. The summed E-state index contributed by atoms with van der Waals surface area (Å²) in [7, 11) is 0. The Hall–Kier alpha value is -2.34. The number of hydrogen-bond acceptors (Lipinski definition) is 5. The minimum atomic E-state index is -0.511. The van der Waals surface area contributed by atoms with Crippen molar-refractivity contribution in [3.63, 3.8) is 0 Å². The van der Waals surface area contributed by atoms with E-state index in [1.807, 2.05) is 31.5 Å². The second-order valence-electron chi connectivity index (χ2n) is 8.16. The van der Waals surface area contributed by atoms with Gasteiger partial charge in [0.05, 0.1) is 11.5 Å². The van der Waals surface area contributed by atoms with E-state index in [4.69, 9.17) is 4.74 Å². The lowest BCUT2D eigenvalue weighted by Crippen LogP contribution is -2.34. The molecule has 3 atom stereocenters. The summed E-state index contributed by atoms with van der Waals surface area (Å²) < 4.78 is 7.44. The molecule has 6 heteroatoms. The third-order valence-corrected chi connectivity index (χ3v) is 5.28. The zero-order valence-corrected chi connectivity index (χ0v) is 15.5. The van der Waals surface area contributed by atoms with E-state index < -0.39 is 5.41 Å². The van der Waals surface area contributed by atoms with Gasteiger partial charge in [-0.05, 0) is 45.4 Å². The first-order valence-electron chi connectivity index (χ1n) is 9.22. The van der Waals surface area contributed by atoms with Crippen LogP contribution in [-0.2, 0) is 16.3 Å². The number of nitrogens with zero attached hydrogens (tertiary/aromatic N) is 2. The molecule has 0 saturated carbocycles. The van der Waals surface area contributed by atoms with Crippen molar-refractivity contribution in [2.24, 2.45) is 11.3 Å². The van der Waals surface area contributed by atoms with Gasteiger partial charge in [-0.25, -0.2) is 4.98 Å². The van der Waals surface area contributed by atoms with Gasteiger partial charge < -0.3 is 15.4 Å². The lowest BCUT2D eigenvalue weighted by atomic mass is 9.83. The van der Waals surface area contributed by atoms with Gasteiger partial charge in [0.25, 0.3) is 0 Å². The number of esters is 1. The molecule has 3 heterocycles. The van der Waals surface area contributed by atoms with Crippen LogP contribution in [0.25, 0.3) is 0 Å². The van der Waals surface area contributed by atoms with Crippen molar-refractivity contribution in [1.29, 1.82) is 0 Å². The van der Waals surface area contributed by atoms with Gasteiger partial charge in [0.15, 0.2) is 6.73 Å². The molecular formula is C20H26N4O2. The molecule has 1 aromatic heterocycles. The maximum atomic E-state index is 12.1. The molecule has 0 radical (unpaired) electrons. The topological polar surface area (TPSA) is 68.2 Å². The number of anilines is 1. The number of para-hydroxylation sites is 1. The fourth-order valence-electron chi connectivity index (χ4n) is 3.91. The highest BCUT2D eigenvalue weighted by Gasteiger charge is 2.41. The highest BCUT2D eigenvalue weighted by atomic mass is 16.5. The number of fused-ring (bicyclic) bond motifs is 3. The Kier molecular flexibility index (Phi) is 4.23. The molecule has 4 rings (SSSR count). The normalized spacial score (nSPS) is 24.5. The predicted molar refractivity (Wildman–Crippen MR) is 99.4 cm³/mol. The number of carbonyl (C=O) groups excluding carboxylic acids is 1. The summed E-state index contributed by atoms with van der Waals surface area (Å²) in [4.78, 5) is 16.7. The van der Waals surface area contributed by atoms with Gasteiger partial charge in [0, 0.05) is 30.0 Å². The summed E-state index contributed by atoms with van der Waals surface area (Å²) in [5, 5.41) is 7.30. The number of carbonyl (C=O) groups is 1. The van der Waals surface area contributed by atoms with Crippen LogP contribution >= 0.6 is 0 Å². The minimum Gasteiger partial charge on any atom is -0.443 e. The van der Waals surface area contributed by atoms with Gasteiger partial charge in [-0.3, -0.25) is 9.36 Å². The molecule has 6 nitrogen and oxygen atoms in total. The highest BCUT2D eigenvalue weighted by molar-refractivity contribution is 5.75. The van der Waals surface area contributed by atoms with Gasteiger partial charge in [-0.15, -0.1) is 0 Å². The first kappa shape index (κ1) is 17.1. The molecular weight excluding hydrogens is 328 g/mol. The maximum absolute atomic E-state index is 12.1. The SMILES string of the molecule is CC(C)(C)C(=O)OCn1ccnc1C1Nc2ccccc2[C@@H]2NCC[C@H]12.